The van der Waals surface area contributed by atoms with Gasteiger partial charge in [0.1, 0.15) is 5.82 Å². The summed E-state index contributed by atoms with van der Waals surface area (Å²) < 4.78 is 67.7. The second-order valence-electron chi connectivity index (χ2n) is 6.29. The molecule has 2 aromatic carbocycles. The van der Waals surface area contributed by atoms with Gasteiger partial charge in [0.25, 0.3) is 20.0 Å². The number of nitrogens with one attached hydrogen (secondary N) is 2. The van der Waals surface area contributed by atoms with Crippen molar-refractivity contribution in [2.24, 2.45) is 0 Å². The molecule has 0 fully saturated rings. The van der Waals surface area contributed by atoms with E-state index in [2.05, 4.69) is 19.4 Å². The van der Waals surface area contributed by atoms with Crippen molar-refractivity contribution in [2.45, 2.75) is 23.6 Å². The summed E-state index contributed by atoms with van der Waals surface area (Å²) in [7, 11) is -8.03. The molecule has 12 heteroatoms. The zero-order valence-electron chi connectivity index (χ0n) is 15.7. The molecule has 3 rings (SSSR count). The highest BCUT2D eigenvalue weighted by atomic mass is 35.5. The highest BCUT2D eigenvalue weighted by Crippen LogP contribution is 2.23. The Bertz CT molecular complexity index is 1290. The number of nitrogens with zero attached hydrogens (tertiary/aromatic N) is 2. The number of sulfonamides is 2. The van der Waals surface area contributed by atoms with Crippen LogP contribution >= 0.6 is 11.6 Å². The molecule has 158 valence electrons. The molecule has 2 N–H and O–H groups in total. The first-order valence-electron chi connectivity index (χ1n) is 8.39. The molecule has 3 aromatic rings. The van der Waals surface area contributed by atoms with Crippen LogP contribution < -0.4 is 9.44 Å². The van der Waals surface area contributed by atoms with E-state index in [1.165, 1.54) is 24.3 Å². The Labute approximate surface area is 178 Å². The van der Waals surface area contributed by atoms with Gasteiger partial charge < -0.3 is 0 Å². The van der Waals surface area contributed by atoms with Crippen molar-refractivity contribution in [1.29, 1.82) is 0 Å². The second kappa shape index (κ2) is 8.17. The first-order valence-corrected chi connectivity index (χ1v) is 11.7. The Morgan fingerprint density at radius 3 is 1.90 bits per heavy atom. The standard InChI is InChI=1S/C18H16ClFN4O4S2/c1-11-9-12(2)22-18(21-11)24-29(25,26)14-5-3-13(4-6-14)23-30(27,28)15-7-8-17(20)16(19)10-15/h3-10,23H,1-2H3,(H,21,22,24). The molecule has 30 heavy (non-hydrogen) atoms. The quantitative estimate of drug-likeness (QED) is 0.569. The molecule has 0 aliphatic rings. The van der Waals surface area contributed by atoms with Crippen LogP contribution in [0.1, 0.15) is 11.4 Å². The third kappa shape index (κ3) is 5.04. The Hall–Kier alpha value is -2.76. The number of benzene rings is 2. The van der Waals surface area contributed by atoms with E-state index in [9.17, 15) is 21.2 Å². The zero-order chi connectivity index (χ0) is 22.1. The third-order valence-corrected chi connectivity index (χ3v) is 6.84. The van der Waals surface area contributed by atoms with Crippen LogP contribution in [-0.4, -0.2) is 26.8 Å². The Morgan fingerprint density at radius 1 is 0.800 bits per heavy atom. The number of hydrogen-bond donors (Lipinski definition) is 2. The topological polar surface area (TPSA) is 118 Å². The van der Waals surface area contributed by atoms with Crippen molar-refractivity contribution in [3.05, 3.63) is 70.8 Å². The van der Waals surface area contributed by atoms with Crippen molar-refractivity contribution in [3.63, 3.8) is 0 Å². The van der Waals surface area contributed by atoms with Crippen molar-refractivity contribution in [1.82, 2.24) is 9.97 Å². The number of halogens is 2. The van der Waals surface area contributed by atoms with E-state index in [4.69, 9.17) is 11.6 Å². The minimum Gasteiger partial charge on any atom is -0.280 e. The summed E-state index contributed by atoms with van der Waals surface area (Å²) in [5.74, 6) is -0.809. The molecule has 0 atom stereocenters. The van der Waals surface area contributed by atoms with E-state index >= 15 is 0 Å². The fourth-order valence-electron chi connectivity index (χ4n) is 2.51. The molecule has 0 saturated carbocycles. The van der Waals surface area contributed by atoms with Gasteiger partial charge in [0.15, 0.2) is 0 Å². The van der Waals surface area contributed by atoms with Crippen LogP contribution in [0.3, 0.4) is 0 Å². The van der Waals surface area contributed by atoms with E-state index in [-0.39, 0.29) is 26.4 Å². The van der Waals surface area contributed by atoms with Gasteiger partial charge in [-0.05, 0) is 62.4 Å². The number of aromatic nitrogens is 2. The number of hydrogen-bond acceptors (Lipinski definition) is 6. The third-order valence-electron chi connectivity index (χ3n) is 3.83. The summed E-state index contributed by atoms with van der Waals surface area (Å²) in [6.45, 7) is 3.42. The van der Waals surface area contributed by atoms with E-state index < -0.39 is 25.9 Å². The monoisotopic (exact) mass is 470 g/mol. The Morgan fingerprint density at radius 2 is 1.33 bits per heavy atom. The van der Waals surface area contributed by atoms with Gasteiger partial charge in [0, 0.05) is 17.1 Å². The summed E-state index contributed by atoms with van der Waals surface area (Å²) in [4.78, 5) is 7.70. The number of anilines is 2. The van der Waals surface area contributed by atoms with Gasteiger partial charge in [-0.15, -0.1) is 0 Å². The molecule has 0 amide bonds. The zero-order valence-corrected chi connectivity index (χ0v) is 18.1. The van der Waals surface area contributed by atoms with Crippen LogP contribution in [0, 0.1) is 19.7 Å². The van der Waals surface area contributed by atoms with Gasteiger partial charge in [-0.25, -0.2) is 35.9 Å². The predicted molar refractivity (Wildman–Crippen MR) is 111 cm³/mol. The SMILES string of the molecule is Cc1cc(C)nc(NS(=O)(=O)c2ccc(NS(=O)(=O)c3ccc(F)c(Cl)c3)cc2)n1. The summed E-state index contributed by atoms with van der Waals surface area (Å²) in [5, 5.41) is -0.334. The van der Waals surface area contributed by atoms with Gasteiger partial charge in [0.2, 0.25) is 5.95 Å². The van der Waals surface area contributed by atoms with Crippen molar-refractivity contribution in [2.75, 3.05) is 9.44 Å². The predicted octanol–water partition coefficient (Wildman–Crippen LogP) is 3.49. The largest absolute Gasteiger partial charge is 0.280 e. The van der Waals surface area contributed by atoms with Crippen LogP contribution in [-0.2, 0) is 20.0 Å². The molecule has 1 heterocycles. The smallest absolute Gasteiger partial charge is 0.264 e. The summed E-state index contributed by atoms with van der Waals surface area (Å²) in [6.07, 6.45) is 0. The molecule has 0 bridgehead atoms. The average molecular weight is 471 g/mol. The van der Waals surface area contributed by atoms with Crippen molar-refractivity contribution in [3.8, 4) is 0 Å². The molecular formula is C18H16ClFN4O4S2. The highest BCUT2D eigenvalue weighted by Gasteiger charge is 2.19. The molecule has 0 spiro atoms. The molecule has 0 unspecified atom stereocenters. The lowest BCUT2D eigenvalue weighted by molar-refractivity contribution is 0.598. The fraction of sp³-hybridized carbons (Fsp3) is 0.111. The molecular weight excluding hydrogens is 455 g/mol. The lowest BCUT2D eigenvalue weighted by Crippen LogP contribution is -2.16. The number of aryl methyl sites for hydroxylation is 2. The molecule has 0 aliphatic carbocycles. The van der Waals surface area contributed by atoms with E-state index in [1.807, 2.05) is 0 Å². The van der Waals surface area contributed by atoms with Crippen LogP contribution in [0.15, 0.2) is 58.3 Å². The first kappa shape index (κ1) is 21.9. The van der Waals surface area contributed by atoms with E-state index in [0.29, 0.717) is 11.4 Å². The van der Waals surface area contributed by atoms with Crippen LogP contribution in [0.5, 0.6) is 0 Å². The number of rotatable bonds is 6. The van der Waals surface area contributed by atoms with Gasteiger partial charge in [-0.3, -0.25) is 4.72 Å². The first-order chi connectivity index (χ1) is 14.0. The average Bonchev–Trinajstić information content (AvgIpc) is 2.62. The van der Waals surface area contributed by atoms with Gasteiger partial charge in [-0.2, -0.15) is 0 Å². The highest BCUT2D eigenvalue weighted by molar-refractivity contribution is 7.93. The molecule has 0 radical (unpaired) electrons. The maximum Gasteiger partial charge on any atom is 0.264 e. The van der Waals surface area contributed by atoms with Gasteiger partial charge >= 0.3 is 0 Å². The normalized spacial score (nSPS) is 11.9. The van der Waals surface area contributed by atoms with Gasteiger partial charge in [0.05, 0.1) is 14.8 Å². The molecule has 8 nitrogen and oxygen atoms in total. The summed E-state index contributed by atoms with van der Waals surface area (Å²) >= 11 is 5.63. The Balaban J connectivity index is 1.80. The lowest BCUT2D eigenvalue weighted by Gasteiger charge is -2.11. The van der Waals surface area contributed by atoms with E-state index in [0.717, 1.165) is 18.2 Å². The molecule has 0 saturated heterocycles. The summed E-state index contributed by atoms with van der Waals surface area (Å²) in [5.41, 5.74) is 1.31. The Kier molecular flexibility index (Phi) is 5.97. The maximum absolute atomic E-state index is 13.3. The summed E-state index contributed by atoms with van der Waals surface area (Å²) in [6, 6.07) is 9.68. The maximum atomic E-state index is 13.3. The van der Waals surface area contributed by atoms with Crippen LogP contribution in [0.25, 0.3) is 0 Å². The minimum atomic E-state index is -4.05. The van der Waals surface area contributed by atoms with Crippen molar-refractivity contribution < 1.29 is 21.2 Å². The van der Waals surface area contributed by atoms with E-state index in [1.54, 1.807) is 19.9 Å². The fourth-order valence-corrected chi connectivity index (χ4v) is 4.78. The van der Waals surface area contributed by atoms with Crippen molar-refractivity contribution >= 4 is 43.3 Å². The molecule has 0 aliphatic heterocycles. The van der Waals surface area contributed by atoms with Crippen LogP contribution in [0.2, 0.25) is 5.02 Å². The second-order valence-corrected chi connectivity index (χ2v) is 10.1. The van der Waals surface area contributed by atoms with Gasteiger partial charge in [-0.1, -0.05) is 11.6 Å². The minimum absolute atomic E-state index is 0.0644. The van der Waals surface area contributed by atoms with Crippen LogP contribution in [0.4, 0.5) is 16.0 Å². The lowest BCUT2D eigenvalue weighted by atomic mass is 10.3. The molecule has 1 aromatic heterocycles.